The van der Waals surface area contributed by atoms with E-state index in [1.54, 1.807) is 6.92 Å². The van der Waals surface area contributed by atoms with Gasteiger partial charge in [0, 0.05) is 17.8 Å². The van der Waals surface area contributed by atoms with Gasteiger partial charge in [0.05, 0.1) is 6.42 Å². The molecule has 4 nitrogen and oxygen atoms in total. The van der Waals surface area contributed by atoms with E-state index in [9.17, 15) is 4.79 Å². The van der Waals surface area contributed by atoms with Crippen molar-refractivity contribution in [2.24, 2.45) is 0 Å². The number of carbonyl (C=O) groups is 1. The number of hydrogen-bond donors (Lipinski definition) is 1. The number of imidazole rings is 1. The van der Waals surface area contributed by atoms with Crippen molar-refractivity contribution in [3.63, 3.8) is 0 Å². The van der Waals surface area contributed by atoms with Crippen LogP contribution in [0.4, 0.5) is 0 Å². The average Bonchev–Trinajstić information content (AvgIpc) is 2.66. The van der Waals surface area contributed by atoms with Crippen LogP contribution >= 0.6 is 0 Å². The van der Waals surface area contributed by atoms with Crippen molar-refractivity contribution in [3.8, 4) is 0 Å². The number of H-pyrrole nitrogens is 1. The molecule has 0 bridgehead atoms. The largest absolute Gasteiger partial charge is 0.345 e. The Morgan fingerprint density at radius 3 is 2.88 bits per heavy atom. The molecule has 0 amide bonds. The molecule has 0 atom stereocenters. The molecule has 0 unspecified atom stereocenters. The number of nitrogens with zero attached hydrogens (tertiary/aromatic N) is 2. The van der Waals surface area contributed by atoms with Gasteiger partial charge in [0.2, 0.25) is 0 Å². The van der Waals surface area contributed by atoms with E-state index in [4.69, 9.17) is 0 Å². The van der Waals surface area contributed by atoms with Crippen LogP contribution in [0.1, 0.15) is 37.2 Å². The molecule has 16 heavy (non-hydrogen) atoms. The van der Waals surface area contributed by atoms with Crippen molar-refractivity contribution in [2.45, 2.75) is 32.1 Å². The van der Waals surface area contributed by atoms with Crippen molar-refractivity contribution >= 4 is 5.78 Å². The summed E-state index contributed by atoms with van der Waals surface area (Å²) in [5.74, 6) is 1.55. The van der Waals surface area contributed by atoms with Gasteiger partial charge < -0.3 is 9.88 Å². The molecule has 2 rings (SSSR count). The third kappa shape index (κ3) is 2.70. The second-order valence-electron chi connectivity index (χ2n) is 4.74. The zero-order valence-electron chi connectivity index (χ0n) is 9.99. The Balaban J connectivity index is 1.99. The van der Waals surface area contributed by atoms with E-state index in [0.29, 0.717) is 12.3 Å². The maximum atomic E-state index is 11.0. The highest BCUT2D eigenvalue weighted by Crippen LogP contribution is 2.25. The number of Topliss-reactive ketones (excluding diaryl/α,β-unsaturated/α-hetero) is 1. The lowest BCUT2D eigenvalue weighted by atomic mass is 9.94. The number of piperidine rings is 1. The number of nitrogens with one attached hydrogen (secondary N) is 1. The Morgan fingerprint density at radius 1 is 1.56 bits per heavy atom. The smallest absolute Gasteiger partial charge is 0.137 e. The molecule has 1 N–H and O–H groups in total. The normalized spacial score (nSPS) is 18.9. The fourth-order valence-electron chi connectivity index (χ4n) is 2.23. The molecule has 1 saturated heterocycles. The number of carbonyl (C=O) groups excluding carboxylic acids is 1. The number of likely N-dealkylation sites (tertiary alicyclic amines) is 1. The van der Waals surface area contributed by atoms with E-state index in [0.717, 1.165) is 18.9 Å². The maximum absolute atomic E-state index is 11.0. The summed E-state index contributed by atoms with van der Waals surface area (Å²) in [5.41, 5.74) is 1.20. The fraction of sp³-hybridized carbons (Fsp3) is 0.667. The molecule has 0 spiro atoms. The first-order chi connectivity index (χ1) is 7.65. The van der Waals surface area contributed by atoms with Crippen LogP contribution in [0.5, 0.6) is 0 Å². The van der Waals surface area contributed by atoms with Gasteiger partial charge in [-0.25, -0.2) is 4.98 Å². The highest BCUT2D eigenvalue weighted by molar-refractivity contribution is 5.77. The summed E-state index contributed by atoms with van der Waals surface area (Å²) in [6.07, 6.45) is 4.68. The van der Waals surface area contributed by atoms with Crippen LogP contribution in [0.3, 0.4) is 0 Å². The highest BCUT2D eigenvalue weighted by atomic mass is 16.1. The van der Waals surface area contributed by atoms with E-state index < -0.39 is 0 Å². The van der Waals surface area contributed by atoms with Gasteiger partial charge in [-0.15, -0.1) is 0 Å². The van der Waals surface area contributed by atoms with Gasteiger partial charge in [0.1, 0.15) is 11.6 Å². The van der Waals surface area contributed by atoms with Gasteiger partial charge in [0.25, 0.3) is 0 Å². The lowest BCUT2D eigenvalue weighted by Gasteiger charge is -2.28. The van der Waals surface area contributed by atoms with E-state index in [1.807, 2.05) is 6.20 Å². The van der Waals surface area contributed by atoms with Crippen molar-refractivity contribution in [1.29, 1.82) is 0 Å². The predicted molar refractivity (Wildman–Crippen MR) is 62.4 cm³/mol. The summed E-state index contributed by atoms with van der Waals surface area (Å²) in [6, 6.07) is 0. The molecule has 1 aromatic rings. The molecule has 0 aliphatic carbocycles. The molecule has 1 aliphatic rings. The van der Waals surface area contributed by atoms with E-state index in [2.05, 4.69) is 21.9 Å². The Morgan fingerprint density at radius 2 is 2.25 bits per heavy atom. The molecule has 1 aliphatic heterocycles. The summed E-state index contributed by atoms with van der Waals surface area (Å²) in [7, 11) is 2.16. The summed E-state index contributed by atoms with van der Waals surface area (Å²) >= 11 is 0. The summed E-state index contributed by atoms with van der Waals surface area (Å²) < 4.78 is 0. The first kappa shape index (κ1) is 11.3. The standard InChI is InChI=1S/C12H19N3O/c1-9(16)7-12-13-8-11(14-12)10-3-5-15(2)6-4-10/h8,10H,3-7H2,1-2H3,(H,13,14). The SMILES string of the molecule is CC(=O)Cc1ncc(C2CCN(C)CC2)[nH]1. The summed E-state index contributed by atoms with van der Waals surface area (Å²) in [6.45, 7) is 3.88. The first-order valence-corrected chi connectivity index (χ1v) is 5.87. The lowest BCUT2D eigenvalue weighted by molar-refractivity contribution is -0.116. The van der Waals surface area contributed by atoms with Gasteiger partial charge in [-0.3, -0.25) is 4.79 Å². The number of aromatic amines is 1. The van der Waals surface area contributed by atoms with Gasteiger partial charge in [-0.1, -0.05) is 0 Å². The summed E-state index contributed by atoms with van der Waals surface area (Å²) in [4.78, 5) is 20.9. The Hall–Kier alpha value is -1.16. The third-order valence-electron chi connectivity index (χ3n) is 3.22. The van der Waals surface area contributed by atoms with E-state index in [1.165, 1.54) is 18.5 Å². The second-order valence-corrected chi connectivity index (χ2v) is 4.74. The van der Waals surface area contributed by atoms with Crippen LogP contribution in [0, 0.1) is 0 Å². The Bertz CT molecular complexity index is 364. The van der Waals surface area contributed by atoms with Crippen LogP contribution in [0.15, 0.2) is 6.20 Å². The average molecular weight is 221 g/mol. The predicted octanol–water partition coefficient (Wildman–Crippen LogP) is 1.35. The van der Waals surface area contributed by atoms with Crippen molar-refractivity contribution in [1.82, 2.24) is 14.9 Å². The Kier molecular flexibility index (Phi) is 3.39. The zero-order valence-corrected chi connectivity index (χ0v) is 9.99. The zero-order chi connectivity index (χ0) is 11.5. The topological polar surface area (TPSA) is 49.0 Å². The molecule has 4 heteroatoms. The van der Waals surface area contributed by atoms with Crippen molar-refractivity contribution in [3.05, 3.63) is 17.7 Å². The third-order valence-corrected chi connectivity index (χ3v) is 3.22. The van der Waals surface area contributed by atoms with Crippen LogP contribution < -0.4 is 0 Å². The molecule has 1 fully saturated rings. The second kappa shape index (κ2) is 4.78. The number of aromatic nitrogens is 2. The van der Waals surface area contributed by atoms with Gasteiger partial charge in [-0.05, 0) is 39.9 Å². The van der Waals surface area contributed by atoms with Crippen LogP contribution in [-0.2, 0) is 11.2 Å². The monoisotopic (exact) mass is 221 g/mol. The molecule has 0 aromatic carbocycles. The molecule has 2 heterocycles. The minimum Gasteiger partial charge on any atom is -0.345 e. The minimum atomic E-state index is 0.157. The first-order valence-electron chi connectivity index (χ1n) is 5.87. The maximum Gasteiger partial charge on any atom is 0.137 e. The van der Waals surface area contributed by atoms with Gasteiger partial charge in [-0.2, -0.15) is 0 Å². The molecular formula is C12H19N3O. The van der Waals surface area contributed by atoms with Crippen LogP contribution in [0.25, 0.3) is 0 Å². The highest BCUT2D eigenvalue weighted by Gasteiger charge is 2.20. The molecule has 88 valence electrons. The van der Waals surface area contributed by atoms with Crippen LogP contribution in [-0.4, -0.2) is 40.8 Å². The number of ketones is 1. The lowest BCUT2D eigenvalue weighted by Crippen LogP contribution is -2.29. The minimum absolute atomic E-state index is 0.157. The van der Waals surface area contributed by atoms with E-state index in [-0.39, 0.29) is 5.78 Å². The van der Waals surface area contributed by atoms with E-state index >= 15 is 0 Å². The fourth-order valence-corrected chi connectivity index (χ4v) is 2.23. The van der Waals surface area contributed by atoms with Crippen LogP contribution in [0.2, 0.25) is 0 Å². The van der Waals surface area contributed by atoms with Gasteiger partial charge in [0.15, 0.2) is 0 Å². The number of rotatable bonds is 3. The molecule has 0 saturated carbocycles. The van der Waals surface area contributed by atoms with Gasteiger partial charge >= 0.3 is 0 Å². The molecular weight excluding hydrogens is 202 g/mol. The number of hydrogen-bond acceptors (Lipinski definition) is 3. The Labute approximate surface area is 96.1 Å². The molecule has 1 aromatic heterocycles. The summed E-state index contributed by atoms with van der Waals surface area (Å²) in [5, 5.41) is 0. The van der Waals surface area contributed by atoms with Crippen molar-refractivity contribution in [2.75, 3.05) is 20.1 Å². The molecule has 0 radical (unpaired) electrons. The quantitative estimate of drug-likeness (QED) is 0.838. The van der Waals surface area contributed by atoms with Crippen molar-refractivity contribution < 1.29 is 4.79 Å².